The molecule has 1 aromatic carbocycles. The molecule has 0 amide bonds. The summed E-state index contributed by atoms with van der Waals surface area (Å²) in [5.74, 6) is 0.434. The van der Waals surface area contributed by atoms with E-state index in [1.807, 2.05) is 30.5 Å². The molecule has 5 heteroatoms. The number of fused-ring (bicyclic) bond motifs is 1. The first kappa shape index (κ1) is 9.77. The maximum Gasteiger partial charge on any atom is 0.310 e. The first-order valence-corrected chi connectivity index (χ1v) is 5.14. The van der Waals surface area contributed by atoms with Crippen molar-refractivity contribution in [3.63, 3.8) is 0 Å². The summed E-state index contributed by atoms with van der Waals surface area (Å²) >= 11 is 0. The summed E-state index contributed by atoms with van der Waals surface area (Å²) in [6.45, 7) is 0. The highest BCUT2D eigenvalue weighted by Crippen LogP contribution is 2.20. The van der Waals surface area contributed by atoms with Crippen molar-refractivity contribution in [1.82, 2.24) is 15.0 Å². The standard InChI is InChI=1S/C12H9FN4/c13-12-15-6-4-11(17-12)16-9-2-1-8-3-5-14-10(8)7-9/h1-7,14H,(H,15,16,17). The fraction of sp³-hybridized carbons (Fsp3) is 0. The summed E-state index contributed by atoms with van der Waals surface area (Å²) in [6.07, 6.45) is 2.51. The highest BCUT2D eigenvalue weighted by atomic mass is 19.1. The second kappa shape index (κ2) is 3.86. The highest BCUT2D eigenvalue weighted by molar-refractivity contribution is 5.83. The van der Waals surface area contributed by atoms with Gasteiger partial charge in [0.15, 0.2) is 0 Å². The van der Waals surface area contributed by atoms with Crippen LogP contribution in [0.1, 0.15) is 0 Å². The first-order chi connectivity index (χ1) is 8.31. The third-order valence-corrected chi connectivity index (χ3v) is 2.45. The topological polar surface area (TPSA) is 53.6 Å². The van der Waals surface area contributed by atoms with Gasteiger partial charge in [0, 0.05) is 23.6 Å². The molecule has 4 nitrogen and oxygen atoms in total. The molecule has 0 aliphatic rings. The molecule has 17 heavy (non-hydrogen) atoms. The molecule has 84 valence electrons. The largest absolute Gasteiger partial charge is 0.361 e. The lowest BCUT2D eigenvalue weighted by Crippen LogP contribution is -1.96. The number of hydrogen-bond donors (Lipinski definition) is 2. The van der Waals surface area contributed by atoms with E-state index in [2.05, 4.69) is 20.3 Å². The van der Waals surface area contributed by atoms with Gasteiger partial charge < -0.3 is 10.3 Å². The zero-order valence-electron chi connectivity index (χ0n) is 8.81. The van der Waals surface area contributed by atoms with E-state index < -0.39 is 6.08 Å². The molecule has 0 unspecified atom stereocenters. The Morgan fingerprint density at radius 2 is 2.12 bits per heavy atom. The van der Waals surface area contributed by atoms with Crippen LogP contribution in [0.4, 0.5) is 15.9 Å². The number of nitrogens with zero attached hydrogens (tertiary/aromatic N) is 2. The third kappa shape index (κ3) is 1.94. The zero-order valence-corrected chi connectivity index (χ0v) is 8.81. The summed E-state index contributed by atoms with van der Waals surface area (Å²) < 4.78 is 12.8. The van der Waals surface area contributed by atoms with Gasteiger partial charge >= 0.3 is 6.08 Å². The van der Waals surface area contributed by atoms with Crippen LogP contribution < -0.4 is 5.32 Å². The van der Waals surface area contributed by atoms with Crippen LogP contribution in [0.15, 0.2) is 42.7 Å². The Labute approximate surface area is 96.5 Å². The number of benzene rings is 1. The molecular weight excluding hydrogens is 219 g/mol. The van der Waals surface area contributed by atoms with Crippen LogP contribution in [-0.2, 0) is 0 Å². The average molecular weight is 228 g/mol. The normalized spacial score (nSPS) is 10.6. The van der Waals surface area contributed by atoms with Crippen molar-refractivity contribution >= 4 is 22.4 Å². The van der Waals surface area contributed by atoms with Crippen LogP contribution in [0, 0.1) is 6.08 Å². The molecule has 2 N–H and O–H groups in total. The van der Waals surface area contributed by atoms with E-state index in [-0.39, 0.29) is 0 Å². The lowest BCUT2D eigenvalue weighted by atomic mass is 10.2. The maximum absolute atomic E-state index is 12.8. The SMILES string of the molecule is Fc1nccc(Nc2ccc3cc[nH]c3c2)n1. The van der Waals surface area contributed by atoms with E-state index in [1.54, 1.807) is 6.07 Å². The van der Waals surface area contributed by atoms with Crippen molar-refractivity contribution in [3.05, 3.63) is 48.8 Å². The fourth-order valence-corrected chi connectivity index (χ4v) is 1.68. The number of aromatic amines is 1. The van der Waals surface area contributed by atoms with Gasteiger partial charge in [-0.1, -0.05) is 6.07 Å². The smallest absolute Gasteiger partial charge is 0.310 e. The highest BCUT2D eigenvalue weighted by Gasteiger charge is 2.00. The second-order valence-corrected chi connectivity index (χ2v) is 3.62. The van der Waals surface area contributed by atoms with Gasteiger partial charge in [-0.05, 0) is 29.7 Å². The first-order valence-electron chi connectivity index (χ1n) is 5.14. The summed E-state index contributed by atoms with van der Waals surface area (Å²) in [5.41, 5.74) is 1.86. The number of anilines is 2. The molecule has 0 aliphatic carbocycles. The number of rotatable bonds is 2. The molecule has 0 atom stereocenters. The Hall–Kier alpha value is -2.43. The number of halogens is 1. The Bertz CT molecular complexity index is 662. The van der Waals surface area contributed by atoms with Crippen molar-refractivity contribution < 1.29 is 4.39 Å². The van der Waals surface area contributed by atoms with E-state index >= 15 is 0 Å². The maximum atomic E-state index is 12.8. The summed E-state index contributed by atoms with van der Waals surface area (Å²) in [5, 5.41) is 4.14. The van der Waals surface area contributed by atoms with Gasteiger partial charge in [-0.2, -0.15) is 9.37 Å². The number of aromatic nitrogens is 3. The summed E-state index contributed by atoms with van der Waals surface area (Å²) in [7, 11) is 0. The number of H-pyrrole nitrogens is 1. The van der Waals surface area contributed by atoms with Crippen molar-refractivity contribution in [2.24, 2.45) is 0 Å². The molecule has 2 heterocycles. The quantitative estimate of drug-likeness (QED) is 0.663. The van der Waals surface area contributed by atoms with Gasteiger partial charge in [0.1, 0.15) is 5.82 Å². The Balaban J connectivity index is 1.94. The Kier molecular flexibility index (Phi) is 2.22. The van der Waals surface area contributed by atoms with E-state index in [0.717, 1.165) is 16.6 Å². The van der Waals surface area contributed by atoms with Crippen molar-refractivity contribution in [2.75, 3.05) is 5.32 Å². The average Bonchev–Trinajstić information content (AvgIpc) is 2.76. The van der Waals surface area contributed by atoms with E-state index in [1.165, 1.54) is 6.20 Å². The van der Waals surface area contributed by atoms with Gasteiger partial charge in [-0.3, -0.25) is 0 Å². The van der Waals surface area contributed by atoms with Crippen molar-refractivity contribution in [1.29, 1.82) is 0 Å². The summed E-state index contributed by atoms with van der Waals surface area (Å²) in [4.78, 5) is 10.1. The molecular formula is C12H9FN4. The van der Waals surface area contributed by atoms with E-state index in [0.29, 0.717) is 5.82 Å². The molecule has 0 saturated carbocycles. The lowest BCUT2D eigenvalue weighted by molar-refractivity contribution is 0.540. The number of nitrogens with one attached hydrogen (secondary N) is 2. The zero-order chi connectivity index (χ0) is 11.7. The minimum absolute atomic E-state index is 0.434. The second-order valence-electron chi connectivity index (χ2n) is 3.62. The minimum Gasteiger partial charge on any atom is -0.361 e. The Morgan fingerprint density at radius 1 is 1.18 bits per heavy atom. The van der Waals surface area contributed by atoms with Gasteiger partial charge in [0.2, 0.25) is 0 Å². The molecule has 2 aromatic heterocycles. The van der Waals surface area contributed by atoms with Gasteiger partial charge in [-0.15, -0.1) is 0 Å². The molecule has 3 aromatic rings. The monoisotopic (exact) mass is 228 g/mol. The molecule has 0 bridgehead atoms. The van der Waals surface area contributed by atoms with Crippen LogP contribution in [0.3, 0.4) is 0 Å². The predicted octanol–water partition coefficient (Wildman–Crippen LogP) is 2.84. The molecule has 0 fully saturated rings. The van der Waals surface area contributed by atoms with Crippen LogP contribution in [0.5, 0.6) is 0 Å². The van der Waals surface area contributed by atoms with Gasteiger partial charge in [0.25, 0.3) is 0 Å². The summed E-state index contributed by atoms with van der Waals surface area (Å²) in [6, 6.07) is 9.43. The number of hydrogen-bond acceptors (Lipinski definition) is 3. The van der Waals surface area contributed by atoms with Crippen LogP contribution >= 0.6 is 0 Å². The molecule has 0 spiro atoms. The predicted molar refractivity (Wildman–Crippen MR) is 63.6 cm³/mol. The minimum atomic E-state index is -0.740. The van der Waals surface area contributed by atoms with Crippen LogP contribution in [-0.4, -0.2) is 15.0 Å². The van der Waals surface area contributed by atoms with Crippen molar-refractivity contribution in [2.45, 2.75) is 0 Å². The van der Waals surface area contributed by atoms with Crippen LogP contribution in [0.2, 0.25) is 0 Å². The van der Waals surface area contributed by atoms with Crippen LogP contribution in [0.25, 0.3) is 10.9 Å². The van der Waals surface area contributed by atoms with E-state index in [4.69, 9.17) is 0 Å². The third-order valence-electron chi connectivity index (χ3n) is 2.45. The molecule has 0 radical (unpaired) electrons. The molecule has 0 aliphatic heterocycles. The van der Waals surface area contributed by atoms with E-state index in [9.17, 15) is 4.39 Å². The molecule has 0 saturated heterocycles. The van der Waals surface area contributed by atoms with Gasteiger partial charge in [0.05, 0.1) is 0 Å². The Morgan fingerprint density at radius 3 is 3.00 bits per heavy atom. The fourth-order valence-electron chi connectivity index (χ4n) is 1.68. The lowest BCUT2D eigenvalue weighted by Gasteiger charge is -2.04. The van der Waals surface area contributed by atoms with Gasteiger partial charge in [-0.25, -0.2) is 4.98 Å². The molecule has 3 rings (SSSR count). The van der Waals surface area contributed by atoms with Crippen molar-refractivity contribution in [3.8, 4) is 0 Å².